The number of hydrogen-bond acceptors (Lipinski definition) is 3. The first-order chi connectivity index (χ1) is 8.60. The van der Waals surface area contributed by atoms with E-state index in [0.29, 0.717) is 17.4 Å². The first-order valence-corrected chi connectivity index (χ1v) is 5.75. The number of nitrogens with one attached hydrogen (secondary N) is 1. The Bertz CT molecular complexity index is 537. The SMILES string of the molecule is COc1cc(F)cc(-n2ccnc2NC(C)C)c1. The third-order valence-corrected chi connectivity index (χ3v) is 2.43. The Balaban J connectivity index is 2.42. The van der Waals surface area contributed by atoms with Crippen LogP contribution in [0.3, 0.4) is 0 Å². The van der Waals surface area contributed by atoms with Crippen molar-refractivity contribution in [1.82, 2.24) is 9.55 Å². The minimum absolute atomic E-state index is 0.251. The lowest BCUT2D eigenvalue weighted by atomic mass is 10.3. The van der Waals surface area contributed by atoms with Crippen molar-refractivity contribution in [3.63, 3.8) is 0 Å². The zero-order valence-corrected chi connectivity index (χ0v) is 10.6. The van der Waals surface area contributed by atoms with Gasteiger partial charge in [0.25, 0.3) is 0 Å². The highest BCUT2D eigenvalue weighted by molar-refractivity contribution is 5.46. The molecule has 0 saturated heterocycles. The fraction of sp³-hybridized carbons (Fsp3) is 0.308. The number of aromatic nitrogens is 2. The van der Waals surface area contributed by atoms with Crippen molar-refractivity contribution in [1.29, 1.82) is 0 Å². The van der Waals surface area contributed by atoms with E-state index in [1.54, 1.807) is 23.0 Å². The predicted octanol–water partition coefficient (Wildman–Crippen LogP) is 2.84. The molecule has 0 aliphatic rings. The minimum atomic E-state index is -0.339. The summed E-state index contributed by atoms with van der Waals surface area (Å²) >= 11 is 0. The second-order valence-corrected chi connectivity index (χ2v) is 4.27. The molecular weight excluding hydrogens is 233 g/mol. The molecule has 0 spiro atoms. The van der Waals surface area contributed by atoms with Crippen LogP contribution in [0.2, 0.25) is 0 Å². The van der Waals surface area contributed by atoms with E-state index in [4.69, 9.17) is 4.74 Å². The molecule has 96 valence electrons. The molecule has 1 aromatic heterocycles. The number of anilines is 1. The average molecular weight is 249 g/mol. The molecule has 0 fully saturated rings. The monoisotopic (exact) mass is 249 g/mol. The number of ether oxygens (including phenoxy) is 1. The van der Waals surface area contributed by atoms with E-state index in [1.165, 1.54) is 19.2 Å². The Morgan fingerprint density at radius 2 is 2.11 bits per heavy atom. The maximum absolute atomic E-state index is 13.5. The number of nitrogens with zero attached hydrogens (tertiary/aromatic N) is 2. The number of hydrogen-bond donors (Lipinski definition) is 1. The van der Waals surface area contributed by atoms with Crippen LogP contribution < -0.4 is 10.1 Å². The summed E-state index contributed by atoms with van der Waals surface area (Å²) in [5.41, 5.74) is 0.674. The van der Waals surface area contributed by atoms with Gasteiger partial charge in [0.2, 0.25) is 5.95 Å². The van der Waals surface area contributed by atoms with Gasteiger partial charge in [-0.1, -0.05) is 0 Å². The Morgan fingerprint density at radius 1 is 1.33 bits per heavy atom. The largest absolute Gasteiger partial charge is 0.497 e. The van der Waals surface area contributed by atoms with Gasteiger partial charge in [-0.25, -0.2) is 9.37 Å². The van der Waals surface area contributed by atoms with Crippen LogP contribution in [0.5, 0.6) is 5.75 Å². The van der Waals surface area contributed by atoms with Crippen LogP contribution in [0.4, 0.5) is 10.3 Å². The van der Waals surface area contributed by atoms with Crippen molar-refractivity contribution >= 4 is 5.95 Å². The van der Waals surface area contributed by atoms with Gasteiger partial charge in [0.15, 0.2) is 0 Å². The van der Waals surface area contributed by atoms with Gasteiger partial charge in [-0.05, 0) is 19.9 Å². The first-order valence-electron chi connectivity index (χ1n) is 5.75. The van der Waals surface area contributed by atoms with E-state index in [0.717, 1.165) is 0 Å². The molecule has 0 saturated carbocycles. The summed E-state index contributed by atoms with van der Waals surface area (Å²) in [6.07, 6.45) is 3.45. The van der Waals surface area contributed by atoms with Gasteiger partial charge in [-0.3, -0.25) is 4.57 Å². The Hall–Kier alpha value is -2.04. The van der Waals surface area contributed by atoms with Gasteiger partial charge < -0.3 is 10.1 Å². The molecule has 1 aromatic carbocycles. The zero-order valence-electron chi connectivity index (χ0n) is 10.6. The van der Waals surface area contributed by atoms with Crippen molar-refractivity contribution in [2.45, 2.75) is 19.9 Å². The topological polar surface area (TPSA) is 39.1 Å². The van der Waals surface area contributed by atoms with E-state index in [2.05, 4.69) is 10.3 Å². The molecule has 0 unspecified atom stereocenters. The summed E-state index contributed by atoms with van der Waals surface area (Å²) in [4.78, 5) is 4.21. The number of methoxy groups -OCH3 is 1. The number of benzene rings is 1. The maximum atomic E-state index is 13.5. The molecule has 0 aliphatic heterocycles. The van der Waals surface area contributed by atoms with Crippen molar-refractivity contribution < 1.29 is 9.13 Å². The minimum Gasteiger partial charge on any atom is -0.497 e. The molecule has 1 heterocycles. The van der Waals surface area contributed by atoms with Crippen molar-refractivity contribution in [2.75, 3.05) is 12.4 Å². The Kier molecular flexibility index (Phi) is 3.50. The Labute approximate surface area is 105 Å². The zero-order chi connectivity index (χ0) is 13.1. The van der Waals surface area contributed by atoms with Gasteiger partial charge in [-0.2, -0.15) is 0 Å². The molecule has 0 radical (unpaired) electrons. The van der Waals surface area contributed by atoms with E-state index in [-0.39, 0.29) is 11.9 Å². The summed E-state index contributed by atoms with van der Waals surface area (Å²) in [5, 5.41) is 3.20. The van der Waals surface area contributed by atoms with Gasteiger partial charge in [0.1, 0.15) is 11.6 Å². The van der Waals surface area contributed by atoms with Crippen LogP contribution in [-0.2, 0) is 0 Å². The van der Waals surface area contributed by atoms with E-state index in [9.17, 15) is 4.39 Å². The molecule has 0 amide bonds. The third-order valence-electron chi connectivity index (χ3n) is 2.43. The van der Waals surface area contributed by atoms with Gasteiger partial charge >= 0.3 is 0 Å². The molecule has 2 rings (SSSR count). The number of rotatable bonds is 4. The van der Waals surface area contributed by atoms with Crippen LogP contribution in [-0.4, -0.2) is 22.7 Å². The lowest BCUT2D eigenvalue weighted by molar-refractivity contribution is 0.411. The van der Waals surface area contributed by atoms with E-state index < -0.39 is 0 Å². The molecule has 5 heteroatoms. The van der Waals surface area contributed by atoms with Gasteiger partial charge in [0.05, 0.1) is 12.8 Å². The van der Waals surface area contributed by atoms with Crippen molar-refractivity contribution in [3.05, 3.63) is 36.4 Å². The molecule has 1 N–H and O–H groups in total. The highest BCUT2D eigenvalue weighted by atomic mass is 19.1. The quantitative estimate of drug-likeness (QED) is 0.905. The summed E-state index contributed by atoms with van der Waals surface area (Å²) in [7, 11) is 1.51. The van der Waals surface area contributed by atoms with Crippen LogP contribution in [0, 0.1) is 5.82 Å². The first kappa shape index (κ1) is 12.4. The molecule has 0 atom stereocenters. The second-order valence-electron chi connectivity index (χ2n) is 4.27. The fourth-order valence-electron chi connectivity index (χ4n) is 1.68. The number of imidazole rings is 1. The molecule has 0 aliphatic carbocycles. The molecular formula is C13H16FN3O. The van der Waals surface area contributed by atoms with Crippen LogP contribution in [0.1, 0.15) is 13.8 Å². The van der Waals surface area contributed by atoms with E-state index in [1.807, 2.05) is 13.8 Å². The van der Waals surface area contributed by atoms with Crippen LogP contribution in [0.15, 0.2) is 30.6 Å². The van der Waals surface area contributed by atoms with Gasteiger partial charge in [-0.15, -0.1) is 0 Å². The highest BCUT2D eigenvalue weighted by Crippen LogP contribution is 2.22. The highest BCUT2D eigenvalue weighted by Gasteiger charge is 2.08. The average Bonchev–Trinajstić information content (AvgIpc) is 2.75. The van der Waals surface area contributed by atoms with Crippen molar-refractivity contribution in [2.24, 2.45) is 0 Å². The third kappa shape index (κ3) is 2.61. The summed E-state index contributed by atoms with van der Waals surface area (Å²) in [6, 6.07) is 4.80. The molecule has 0 bridgehead atoms. The van der Waals surface area contributed by atoms with Crippen LogP contribution in [0.25, 0.3) is 5.69 Å². The lowest BCUT2D eigenvalue weighted by Gasteiger charge is -2.13. The summed E-state index contributed by atoms with van der Waals surface area (Å²) in [6.45, 7) is 4.04. The van der Waals surface area contributed by atoms with E-state index >= 15 is 0 Å². The molecule has 4 nitrogen and oxygen atoms in total. The maximum Gasteiger partial charge on any atom is 0.207 e. The fourth-order valence-corrected chi connectivity index (χ4v) is 1.68. The normalized spacial score (nSPS) is 10.7. The second kappa shape index (κ2) is 5.08. The smallest absolute Gasteiger partial charge is 0.207 e. The number of halogens is 1. The van der Waals surface area contributed by atoms with Crippen molar-refractivity contribution in [3.8, 4) is 11.4 Å². The van der Waals surface area contributed by atoms with Gasteiger partial charge in [0, 0.05) is 30.6 Å². The molecule has 18 heavy (non-hydrogen) atoms. The Morgan fingerprint density at radius 3 is 2.78 bits per heavy atom. The standard InChI is InChI=1S/C13H16FN3O/c1-9(2)16-13-15-4-5-17(13)11-6-10(14)7-12(8-11)18-3/h4-9H,1-3H3,(H,15,16). The predicted molar refractivity (Wildman–Crippen MR) is 68.8 cm³/mol. The lowest BCUT2D eigenvalue weighted by Crippen LogP contribution is -2.14. The summed E-state index contributed by atoms with van der Waals surface area (Å²) < 4.78 is 20.3. The molecule has 2 aromatic rings. The summed E-state index contributed by atoms with van der Waals surface area (Å²) in [5.74, 6) is 0.820. The van der Waals surface area contributed by atoms with Crippen LogP contribution >= 0.6 is 0 Å².